The standard InChI is InChI=1S/C12H16N2O6S/c1-8-3-4-9(21(18,19)13-2)5-10(8)14-11(15)6-20-7-12(16)17/h3-5,13H,6-7H2,1-2H3,(H,14,15)(H,16,17). The van der Waals surface area contributed by atoms with Gasteiger partial charge in [-0.3, -0.25) is 4.79 Å². The Kier molecular flexibility index (Phi) is 5.82. The Bertz CT molecular complexity index is 641. The molecule has 116 valence electrons. The Balaban J connectivity index is 2.81. The normalized spacial score (nSPS) is 11.1. The molecule has 9 heteroatoms. The molecule has 0 atom stereocenters. The molecule has 1 amide bonds. The summed E-state index contributed by atoms with van der Waals surface area (Å²) in [6, 6.07) is 4.28. The van der Waals surface area contributed by atoms with Gasteiger partial charge in [0.25, 0.3) is 0 Å². The molecule has 1 rings (SSSR count). The summed E-state index contributed by atoms with van der Waals surface area (Å²) in [4.78, 5) is 21.8. The van der Waals surface area contributed by atoms with Crippen molar-refractivity contribution in [2.75, 3.05) is 25.6 Å². The lowest BCUT2D eigenvalue weighted by Gasteiger charge is -2.10. The molecule has 0 radical (unpaired) electrons. The third-order valence-corrected chi connectivity index (χ3v) is 3.93. The van der Waals surface area contributed by atoms with Gasteiger partial charge in [0, 0.05) is 5.69 Å². The number of rotatable bonds is 7. The molecule has 0 aliphatic heterocycles. The first-order valence-electron chi connectivity index (χ1n) is 5.90. The van der Waals surface area contributed by atoms with Crippen LogP contribution in [0, 0.1) is 6.92 Å². The van der Waals surface area contributed by atoms with E-state index in [4.69, 9.17) is 5.11 Å². The molecule has 1 aromatic rings. The van der Waals surface area contributed by atoms with Crippen LogP contribution in [0.3, 0.4) is 0 Å². The van der Waals surface area contributed by atoms with Gasteiger partial charge in [-0.1, -0.05) is 6.07 Å². The highest BCUT2D eigenvalue weighted by molar-refractivity contribution is 7.89. The molecule has 1 aromatic carbocycles. The summed E-state index contributed by atoms with van der Waals surface area (Å²) in [5.74, 6) is -1.75. The summed E-state index contributed by atoms with van der Waals surface area (Å²) in [5.41, 5.74) is 0.979. The van der Waals surface area contributed by atoms with Gasteiger partial charge in [-0.05, 0) is 31.7 Å². The van der Waals surface area contributed by atoms with Crippen molar-refractivity contribution in [3.8, 4) is 0 Å². The number of sulfonamides is 1. The predicted octanol–water partition coefficient (Wildman–Crippen LogP) is -0.0572. The second kappa shape index (κ2) is 7.16. The molecule has 0 unspecified atom stereocenters. The van der Waals surface area contributed by atoms with Crippen molar-refractivity contribution in [3.05, 3.63) is 23.8 Å². The minimum absolute atomic E-state index is 0.0114. The van der Waals surface area contributed by atoms with Gasteiger partial charge >= 0.3 is 5.97 Å². The highest BCUT2D eigenvalue weighted by atomic mass is 32.2. The third-order valence-electron chi connectivity index (χ3n) is 2.52. The molecule has 3 N–H and O–H groups in total. The molecule has 0 saturated carbocycles. The van der Waals surface area contributed by atoms with Crippen molar-refractivity contribution in [1.29, 1.82) is 0 Å². The van der Waals surface area contributed by atoms with Gasteiger partial charge in [0.1, 0.15) is 13.2 Å². The van der Waals surface area contributed by atoms with E-state index in [2.05, 4.69) is 14.8 Å². The SMILES string of the molecule is CNS(=O)(=O)c1ccc(C)c(NC(=O)COCC(=O)O)c1. The zero-order chi connectivity index (χ0) is 16.0. The Morgan fingerprint density at radius 2 is 1.95 bits per heavy atom. The molecule has 0 aliphatic rings. The number of amides is 1. The van der Waals surface area contributed by atoms with E-state index in [9.17, 15) is 18.0 Å². The topological polar surface area (TPSA) is 122 Å². The lowest BCUT2D eigenvalue weighted by Crippen LogP contribution is -2.22. The molecule has 0 spiro atoms. The average molecular weight is 316 g/mol. The van der Waals surface area contributed by atoms with E-state index in [1.165, 1.54) is 19.2 Å². The van der Waals surface area contributed by atoms with Gasteiger partial charge in [0.15, 0.2) is 0 Å². The van der Waals surface area contributed by atoms with Crippen LogP contribution in [-0.4, -0.2) is 45.7 Å². The summed E-state index contributed by atoms with van der Waals surface area (Å²) in [6.07, 6.45) is 0. The summed E-state index contributed by atoms with van der Waals surface area (Å²) in [7, 11) is -2.33. The Labute approximate surface area is 122 Å². The van der Waals surface area contributed by atoms with Gasteiger partial charge in [-0.2, -0.15) is 0 Å². The molecule has 8 nitrogen and oxygen atoms in total. The van der Waals surface area contributed by atoms with Gasteiger partial charge in [-0.15, -0.1) is 0 Å². The molecule has 0 heterocycles. The van der Waals surface area contributed by atoms with Gasteiger partial charge < -0.3 is 15.2 Å². The van der Waals surface area contributed by atoms with Crippen LogP contribution in [0.25, 0.3) is 0 Å². The maximum atomic E-state index is 11.7. The number of carbonyl (C=O) groups excluding carboxylic acids is 1. The maximum absolute atomic E-state index is 11.7. The average Bonchev–Trinajstić information content (AvgIpc) is 2.40. The number of anilines is 1. The Morgan fingerprint density at radius 3 is 2.52 bits per heavy atom. The van der Waals surface area contributed by atoms with E-state index >= 15 is 0 Å². The largest absolute Gasteiger partial charge is 0.480 e. The van der Waals surface area contributed by atoms with Crippen LogP contribution >= 0.6 is 0 Å². The smallest absolute Gasteiger partial charge is 0.329 e. The van der Waals surface area contributed by atoms with E-state index in [-0.39, 0.29) is 4.90 Å². The molecule has 0 bridgehead atoms. The van der Waals surface area contributed by atoms with Crippen molar-refractivity contribution in [1.82, 2.24) is 4.72 Å². The number of ether oxygens (including phenoxy) is 1. The van der Waals surface area contributed by atoms with Crippen molar-refractivity contribution in [2.45, 2.75) is 11.8 Å². The molecule has 0 aromatic heterocycles. The zero-order valence-corrected chi connectivity index (χ0v) is 12.4. The van der Waals surface area contributed by atoms with Crippen LogP contribution in [0.5, 0.6) is 0 Å². The Hall–Kier alpha value is -1.97. The minimum atomic E-state index is -3.61. The maximum Gasteiger partial charge on any atom is 0.329 e. The number of aryl methyl sites for hydroxylation is 1. The van der Waals surface area contributed by atoms with Crippen LogP contribution in [-0.2, 0) is 24.3 Å². The van der Waals surface area contributed by atoms with Crippen LogP contribution < -0.4 is 10.0 Å². The number of benzene rings is 1. The number of nitrogens with one attached hydrogen (secondary N) is 2. The number of carbonyl (C=O) groups is 2. The van der Waals surface area contributed by atoms with Gasteiger partial charge in [0.2, 0.25) is 15.9 Å². The summed E-state index contributed by atoms with van der Waals surface area (Å²) in [5, 5.41) is 10.9. The fourth-order valence-corrected chi connectivity index (χ4v) is 2.19. The van der Waals surface area contributed by atoms with Crippen molar-refractivity contribution >= 4 is 27.6 Å². The van der Waals surface area contributed by atoms with Crippen molar-refractivity contribution < 1.29 is 27.9 Å². The summed E-state index contributed by atoms with van der Waals surface area (Å²) in [6.45, 7) is 0.679. The molecule has 0 saturated heterocycles. The fraction of sp³-hybridized carbons (Fsp3) is 0.333. The van der Waals surface area contributed by atoms with Crippen LogP contribution in [0.2, 0.25) is 0 Å². The first kappa shape index (κ1) is 17.1. The van der Waals surface area contributed by atoms with Crippen LogP contribution in [0.4, 0.5) is 5.69 Å². The molecular formula is C12H16N2O6S. The number of hydrogen-bond donors (Lipinski definition) is 3. The van der Waals surface area contributed by atoms with E-state index in [0.717, 1.165) is 0 Å². The quantitative estimate of drug-likeness (QED) is 0.648. The number of carboxylic acids is 1. The van der Waals surface area contributed by atoms with Gasteiger partial charge in [-0.25, -0.2) is 17.9 Å². The summed E-state index contributed by atoms with van der Waals surface area (Å²) < 4.78 is 30.2. The minimum Gasteiger partial charge on any atom is -0.480 e. The number of carboxylic acid groups (broad SMARTS) is 1. The molecule has 21 heavy (non-hydrogen) atoms. The number of hydrogen-bond acceptors (Lipinski definition) is 5. The fourth-order valence-electron chi connectivity index (χ4n) is 1.44. The first-order chi connectivity index (χ1) is 9.76. The van der Waals surface area contributed by atoms with Gasteiger partial charge in [0.05, 0.1) is 4.90 Å². The zero-order valence-electron chi connectivity index (χ0n) is 11.5. The Morgan fingerprint density at radius 1 is 1.29 bits per heavy atom. The highest BCUT2D eigenvalue weighted by Gasteiger charge is 2.14. The van der Waals surface area contributed by atoms with Crippen molar-refractivity contribution in [2.24, 2.45) is 0 Å². The first-order valence-corrected chi connectivity index (χ1v) is 7.38. The molecular weight excluding hydrogens is 300 g/mol. The van der Waals surface area contributed by atoms with Crippen molar-refractivity contribution in [3.63, 3.8) is 0 Å². The predicted molar refractivity (Wildman–Crippen MR) is 74.5 cm³/mol. The van der Waals surface area contributed by atoms with Crippen LogP contribution in [0.15, 0.2) is 23.1 Å². The number of aliphatic carboxylic acids is 1. The molecule has 0 aliphatic carbocycles. The van der Waals surface area contributed by atoms with Crippen LogP contribution in [0.1, 0.15) is 5.56 Å². The second-order valence-electron chi connectivity index (χ2n) is 4.12. The third kappa shape index (κ3) is 5.14. The monoisotopic (exact) mass is 316 g/mol. The van der Waals surface area contributed by atoms with E-state index in [1.54, 1.807) is 13.0 Å². The van der Waals surface area contributed by atoms with E-state index in [0.29, 0.717) is 11.3 Å². The molecule has 0 fully saturated rings. The highest BCUT2D eigenvalue weighted by Crippen LogP contribution is 2.19. The lowest BCUT2D eigenvalue weighted by atomic mass is 10.2. The second-order valence-corrected chi connectivity index (χ2v) is 6.01. The lowest BCUT2D eigenvalue weighted by molar-refractivity contribution is -0.143. The van der Waals surface area contributed by atoms with E-state index in [1.807, 2.05) is 0 Å². The van der Waals surface area contributed by atoms with E-state index < -0.39 is 35.1 Å². The summed E-state index contributed by atoms with van der Waals surface area (Å²) >= 11 is 0.